The molecule has 1 rings (SSSR count). The Morgan fingerprint density at radius 2 is 2.25 bits per heavy atom. The summed E-state index contributed by atoms with van der Waals surface area (Å²) in [6.45, 7) is 3.89. The van der Waals surface area contributed by atoms with Gasteiger partial charge in [-0.2, -0.15) is 0 Å². The summed E-state index contributed by atoms with van der Waals surface area (Å²) in [6.07, 6.45) is 1.71. The lowest BCUT2D eigenvalue weighted by molar-refractivity contribution is 0.116. The lowest BCUT2D eigenvalue weighted by Crippen LogP contribution is -2.05. The maximum atomic E-state index is 5.82. The van der Waals surface area contributed by atoms with Crippen molar-refractivity contribution in [3.63, 3.8) is 0 Å². The molecule has 0 aliphatic carbocycles. The van der Waals surface area contributed by atoms with Gasteiger partial charge in [-0.1, -0.05) is 0 Å². The largest absolute Gasteiger partial charge is 0.397 e. The second kappa shape index (κ2) is 3.54. The van der Waals surface area contributed by atoms with Gasteiger partial charge >= 0.3 is 0 Å². The van der Waals surface area contributed by atoms with Crippen molar-refractivity contribution in [2.75, 3.05) is 12.8 Å². The number of hydrogen-bond donors (Lipinski definition) is 1. The van der Waals surface area contributed by atoms with E-state index in [2.05, 4.69) is 4.98 Å². The van der Waals surface area contributed by atoms with Gasteiger partial charge in [-0.15, -0.1) is 0 Å². The van der Waals surface area contributed by atoms with Crippen LogP contribution in [0.25, 0.3) is 0 Å². The first kappa shape index (κ1) is 9.00. The molecule has 1 unspecified atom stereocenters. The van der Waals surface area contributed by atoms with Crippen LogP contribution in [0.15, 0.2) is 12.3 Å². The molecule has 3 heteroatoms. The van der Waals surface area contributed by atoms with Gasteiger partial charge in [-0.05, 0) is 25.5 Å². The molecule has 0 amide bonds. The van der Waals surface area contributed by atoms with Crippen LogP contribution in [0.4, 0.5) is 5.69 Å². The zero-order valence-corrected chi connectivity index (χ0v) is 7.66. The fraction of sp³-hybridized carbons (Fsp3) is 0.444. The van der Waals surface area contributed by atoms with E-state index in [0.29, 0.717) is 0 Å². The van der Waals surface area contributed by atoms with Gasteiger partial charge in [0.1, 0.15) is 0 Å². The molecule has 0 aromatic carbocycles. The molecular weight excluding hydrogens is 152 g/mol. The summed E-state index contributed by atoms with van der Waals surface area (Å²) >= 11 is 0. The zero-order chi connectivity index (χ0) is 9.14. The van der Waals surface area contributed by atoms with Crippen LogP contribution in [0.1, 0.15) is 24.3 Å². The molecule has 1 aromatic rings. The van der Waals surface area contributed by atoms with Crippen molar-refractivity contribution in [3.05, 3.63) is 23.5 Å². The maximum absolute atomic E-state index is 5.82. The van der Waals surface area contributed by atoms with E-state index in [9.17, 15) is 0 Å². The minimum Gasteiger partial charge on any atom is -0.397 e. The second-order valence-corrected chi connectivity index (χ2v) is 2.80. The van der Waals surface area contributed by atoms with Gasteiger partial charge in [-0.3, -0.25) is 4.98 Å². The zero-order valence-electron chi connectivity index (χ0n) is 7.66. The first-order valence-corrected chi connectivity index (χ1v) is 3.90. The van der Waals surface area contributed by atoms with E-state index in [1.54, 1.807) is 13.3 Å². The molecule has 12 heavy (non-hydrogen) atoms. The molecule has 0 aliphatic rings. The third-order valence-corrected chi connectivity index (χ3v) is 1.98. The monoisotopic (exact) mass is 166 g/mol. The van der Waals surface area contributed by atoms with Crippen molar-refractivity contribution in [2.24, 2.45) is 0 Å². The first-order valence-electron chi connectivity index (χ1n) is 3.90. The highest BCUT2D eigenvalue weighted by molar-refractivity contribution is 5.50. The van der Waals surface area contributed by atoms with E-state index in [1.165, 1.54) is 0 Å². The number of nitrogen functional groups attached to an aromatic ring is 1. The molecule has 66 valence electrons. The summed E-state index contributed by atoms with van der Waals surface area (Å²) in [4.78, 5) is 4.16. The van der Waals surface area contributed by atoms with Crippen LogP contribution in [0.3, 0.4) is 0 Å². The van der Waals surface area contributed by atoms with Crippen LogP contribution in [-0.4, -0.2) is 12.1 Å². The molecule has 0 aliphatic heterocycles. The van der Waals surface area contributed by atoms with Gasteiger partial charge in [0.05, 0.1) is 17.5 Å². The minimum atomic E-state index is -0.0371. The SMILES string of the molecule is COC(C)c1nccc(C)c1N. The number of aromatic nitrogens is 1. The number of aryl methyl sites for hydroxylation is 1. The summed E-state index contributed by atoms with van der Waals surface area (Å²) < 4.78 is 5.13. The Morgan fingerprint density at radius 3 is 2.83 bits per heavy atom. The molecule has 0 saturated heterocycles. The Balaban J connectivity index is 3.07. The molecule has 0 saturated carbocycles. The van der Waals surface area contributed by atoms with E-state index in [0.717, 1.165) is 16.9 Å². The highest BCUT2D eigenvalue weighted by Crippen LogP contribution is 2.22. The molecule has 0 spiro atoms. The predicted octanol–water partition coefficient (Wildman–Crippen LogP) is 1.68. The molecule has 0 fully saturated rings. The van der Waals surface area contributed by atoms with Gasteiger partial charge in [0.15, 0.2) is 0 Å². The molecule has 0 radical (unpaired) electrons. The number of rotatable bonds is 2. The third kappa shape index (κ3) is 1.56. The average Bonchev–Trinajstić information content (AvgIpc) is 2.08. The second-order valence-electron chi connectivity index (χ2n) is 2.80. The smallest absolute Gasteiger partial charge is 0.0983 e. The summed E-state index contributed by atoms with van der Waals surface area (Å²) in [5.41, 5.74) is 8.41. The van der Waals surface area contributed by atoms with E-state index in [1.807, 2.05) is 19.9 Å². The fourth-order valence-electron chi connectivity index (χ4n) is 1.03. The van der Waals surface area contributed by atoms with Crippen LogP contribution in [0.5, 0.6) is 0 Å². The Labute approximate surface area is 72.6 Å². The highest BCUT2D eigenvalue weighted by Gasteiger charge is 2.09. The minimum absolute atomic E-state index is 0.0371. The first-order chi connectivity index (χ1) is 5.66. The van der Waals surface area contributed by atoms with E-state index in [4.69, 9.17) is 10.5 Å². The van der Waals surface area contributed by atoms with Crippen LogP contribution in [-0.2, 0) is 4.74 Å². The molecule has 3 nitrogen and oxygen atoms in total. The average molecular weight is 166 g/mol. The van der Waals surface area contributed by atoms with Gasteiger partial charge < -0.3 is 10.5 Å². The van der Waals surface area contributed by atoms with Crippen molar-refractivity contribution < 1.29 is 4.74 Å². The van der Waals surface area contributed by atoms with Crippen molar-refractivity contribution >= 4 is 5.69 Å². The van der Waals surface area contributed by atoms with Crippen LogP contribution in [0, 0.1) is 6.92 Å². The highest BCUT2D eigenvalue weighted by atomic mass is 16.5. The Morgan fingerprint density at radius 1 is 1.58 bits per heavy atom. The van der Waals surface area contributed by atoms with Gasteiger partial charge in [-0.25, -0.2) is 0 Å². The molecule has 2 N–H and O–H groups in total. The number of pyridine rings is 1. The number of ether oxygens (including phenoxy) is 1. The number of hydrogen-bond acceptors (Lipinski definition) is 3. The number of nitrogens with two attached hydrogens (primary N) is 1. The summed E-state index contributed by atoms with van der Waals surface area (Å²) in [7, 11) is 1.65. The Kier molecular flexibility index (Phi) is 2.65. The lowest BCUT2D eigenvalue weighted by atomic mass is 10.1. The molecule has 1 heterocycles. The molecule has 1 aromatic heterocycles. The summed E-state index contributed by atoms with van der Waals surface area (Å²) in [6, 6.07) is 1.89. The topological polar surface area (TPSA) is 48.1 Å². The van der Waals surface area contributed by atoms with Crippen molar-refractivity contribution in [3.8, 4) is 0 Å². The third-order valence-electron chi connectivity index (χ3n) is 1.98. The van der Waals surface area contributed by atoms with Gasteiger partial charge in [0.25, 0.3) is 0 Å². The Hall–Kier alpha value is -1.09. The number of methoxy groups -OCH3 is 1. The van der Waals surface area contributed by atoms with Crippen molar-refractivity contribution in [1.82, 2.24) is 4.98 Å². The quantitative estimate of drug-likeness (QED) is 0.727. The molecule has 0 bridgehead atoms. The van der Waals surface area contributed by atoms with Crippen molar-refractivity contribution in [1.29, 1.82) is 0 Å². The van der Waals surface area contributed by atoms with Gasteiger partial charge in [0, 0.05) is 13.3 Å². The maximum Gasteiger partial charge on any atom is 0.0983 e. The normalized spacial score (nSPS) is 12.9. The van der Waals surface area contributed by atoms with Crippen LogP contribution in [0.2, 0.25) is 0 Å². The number of anilines is 1. The Bertz CT molecular complexity index is 273. The summed E-state index contributed by atoms with van der Waals surface area (Å²) in [5.74, 6) is 0. The van der Waals surface area contributed by atoms with Crippen molar-refractivity contribution in [2.45, 2.75) is 20.0 Å². The van der Waals surface area contributed by atoms with Gasteiger partial charge in [0.2, 0.25) is 0 Å². The van der Waals surface area contributed by atoms with Crippen LogP contribution >= 0.6 is 0 Å². The van der Waals surface area contributed by atoms with Crippen LogP contribution < -0.4 is 5.73 Å². The lowest BCUT2D eigenvalue weighted by Gasteiger charge is -2.12. The molecule has 1 atom stereocenters. The van der Waals surface area contributed by atoms with E-state index >= 15 is 0 Å². The fourth-order valence-corrected chi connectivity index (χ4v) is 1.03. The standard InChI is InChI=1S/C9H14N2O/c1-6-4-5-11-9(8(6)10)7(2)12-3/h4-5,7H,10H2,1-3H3. The molecular formula is C9H14N2O. The van der Waals surface area contributed by atoms with E-state index in [-0.39, 0.29) is 6.10 Å². The predicted molar refractivity (Wildman–Crippen MR) is 48.8 cm³/mol. The number of nitrogens with zero attached hydrogens (tertiary/aromatic N) is 1. The van der Waals surface area contributed by atoms with E-state index < -0.39 is 0 Å². The summed E-state index contributed by atoms with van der Waals surface area (Å²) in [5, 5.41) is 0.